The van der Waals surface area contributed by atoms with Gasteiger partial charge >= 0.3 is 6.18 Å². The predicted octanol–water partition coefficient (Wildman–Crippen LogP) is 4.54. The van der Waals surface area contributed by atoms with Crippen LogP contribution < -0.4 is 4.90 Å². The number of hydrogen-bond donors (Lipinski definition) is 0. The smallest absolute Gasteiger partial charge is 0.370 e. The molecule has 0 N–H and O–H groups in total. The minimum atomic E-state index is -4.31. The van der Waals surface area contributed by atoms with Gasteiger partial charge in [0.1, 0.15) is 0 Å². The quantitative estimate of drug-likeness (QED) is 0.733. The highest BCUT2D eigenvalue weighted by atomic mass is 79.9. The zero-order valence-electron chi connectivity index (χ0n) is 10.5. The maximum atomic E-state index is 13.2. The lowest BCUT2D eigenvalue weighted by molar-refractivity contribution is -0.137. The maximum absolute atomic E-state index is 13.2. The molecule has 1 aliphatic rings. The topological polar surface area (TPSA) is 3.24 Å². The third-order valence-corrected chi connectivity index (χ3v) is 5.15. The van der Waals surface area contributed by atoms with Gasteiger partial charge in [-0.25, -0.2) is 0 Å². The molecule has 1 atom stereocenters. The van der Waals surface area contributed by atoms with Crippen molar-refractivity contribution in [3.05, 3.63) is 29.3 Å². The molecule has 0 bridgehead atoms. The van der Waals surface area contributed by atoms with Gasteiger partial charge in [-0.2, -0.15) is 24.9 Å². The van der Waals surface area contributed by atoms with Crippen molar-refractivity contribution in [1.82, 2.24) is 0 Å². The number of alkyl halides is 4. The molecule has 1 aromatic rings. The highest BCUT2D eigenvalue weighted by molar-refractivity contribution is 9.08. The fourth-order valence-corrected chi connectivity index (χ4v) is 3.84. The zero-order valence-corrected chi connectivity index (χ0v) is 12.9. The Morgan fingerprint density at radius 2 is 2.16 bits per heavy atom. The Morgan fingerprint density at radius 1 is 1.42 bits per heavy atom. The summed E-state index contributed by atoms with van der Waals surface area (Å²) in [5.41, 5.74) is 0.388. The fourth-order valence-electron chi connectivity index (χ4n) is 2.23. The lowest BCUT2D eigenvalue weighted by Crippen LogP contribution is -2.33. The fraction of sp³-hybridized carbons (Fsp3) is 0.538. The molecule has 0 spiro atoms. The Labute approximate surface area is 123 Å². The molecule has 1 aromatic carbocycles. The van der Waals surface area contributed by atoms with Crippen molar-refractivity contribution in [2.45, 2.75) is 24.0 Å². The van der Waals surface area contributed by atoms with E-state index in [4.69, 9.17) is 0 Å². The van der Waals surface area contributed by atoms with E-state index >= 15 is 0 Å². The van der Waals surface area contributed by atoms with E-state index in [0.29, 0.717) is 10.9 Å². The van der Waals surface area contributed by atoms with Crippen molar-refractivity contribution in [2.75, 3.05) is 23.5 Å². The molecule has 19 heavy (non-hydrogen) atoms. The van der Waals surface area contributed by atoms with Gasteiger partial charge in [-0.15, -0.1) is 0 Å². The van der Waals surface area contributed by atoms with Crippen molar-refractivity contribution in [2.24, 2.45) is 0 Å². The second-order valence-corrected chi connectivity index (χ2v) is 6.32. The van der Waals surface area contributed by atoms with Crippen LogP contribution in [0, 0.1) is 0 Å². The van der Waals surface area contributed by atoms with E-state index in [1.54, 1.807) is 35.8 Å². The molecule has 6 heteroatoms. The Kier molecular flexibility index (Phi) is 4.71. The van der Waals surface area contributed by atoms with E-state index in [9.17, 15) is 13.2 Å². The first kappa shape index (κ1) is 15.0. The van der Waals surface area contributed by atoms with Gasteiger partial charge in [0.05, 0.1) is 5.56 Å². The summed E-state index contributed by atoms with van der Waals surface area (Å²) in [6, 6.07) is 4.77. The third-order valence-electron chi connectivity index (χ3n) is 3.35. The van der Waals surface area contributed by atoms with Crippen LogP contribution in [0.3, 0.4) is 0 Å². The molecule has 0 aromatic heterocycles. The van der Waals surface area contributed by atoms with Crippen LogP contribution in [-0.2, 0) is 11.5 Å². The number of thioether (sulfide) groups is 1. The largest absolute Gasteiger partial charge is 0.418 e. The van der Waals surface area contributed by atoms with Crippen LogP contribution in [0.1, 0.15) is 17.5 Å². The second-order valence-electron chi connectivity index (χ2n) is 4.61. The van der Waals surface area contributed by atoms with Crippen molar-refractivity contribution in [3.63, 3.8) is 0 Å². The first-order valence-electron chi connectivity index (χ1n) is 6.00. The van der Waals surface area contributed by atoms with Crippen LogP contribution in [0.5, 0.6) is 0 Å². The Balaban J connectivity index is 2.38. The lowest BCUT2D eigenvalue weighted by atomic mass is 10.1. The summed E-state index contributed by atoms with van der Waals surface area (Å²) in [7, 11) is 1.76. The molecular formula is C13H15BrF3NS. The lowest BCUT2D eigenvalue weighted by Gasteiger charge is -2.29. The molecule has 106 valence electrons. The molecule has 2 rings (SSSR count). The molecular weight excluding hydrogens is 339 g/mol. The van der Waals surface area contributed by atoms with Gasteiger partial charge in [-0.3, -0.25) is 0 Å². The highest BCUT2D eigenvalue weighted by Gasteiger charge is 2.36. The molecule has 1 fully saturated rings. The van der Waals surface area contributed by atoms with Gasteiger partial charge in [0.2, 0.25) is 0 Å². The van der Waals surface area contributed by atoms with Crippen molar-refractivity contribution in [3.8, 4) is 0 Å². The van der Waals surface area contributed by atoms with Gasteiger partial charge in [-0.05, 0) is 29.9 Å². The molecule has 0 amide bonds. The third kappa shape index (κ3) is 3.40. The van der Waals surface area contributed by atoms with Gasteiger partial charge in [0.25, 0.3) is 0 Å². The first-order chi connectivity index (χ1) is 8.93. The summed E-state index contributed by atoms with van der Waals surface area (Å²) >= 11 is 5.00. The maximum Gasteiger partial charge on any atom is 0.418 e. The number of anilines is 1. The number of rotatable bonds is 3. The Hall–Kier alpha value is -0.360. The number of benzene rings is 1. The van der Waals surface area contributed by atoms with Crippen molar-refractivity contribution in [1.29, 1.82) is 0 Å². The second kappa shape index (κ2) is 5.95. The summed E-state index contributed by atoms with van der Waals surface area (Å²) in [6.07, 6.45) is -3.37. The monoisotopic (exact) mass is 353 g/mol. The standard InChI is InChI=1S/C13H15BrF3NS/c1-18(10-4-5-19-8-10)12-3-2-9(7-14)6-11(12)13(15,16)17/h2-3,6,10H,4-5,7-8H2,1H3. The molecule has 1 aliphatic heterocycles. The summed E-state index contributed by atoms with van der Waals surface area (Å²) < 4.78 is 39.5. The number of nitrogens with zero attached hydrogens (tertiary/aromatic N) is 1. The van der Waals surface area contributed by atoms with Crippen LogP contribution in [0.15, 0.2) is 18.2 Å². The Bertz CT molecular complexity index is 444. The van der Waals surface area contributed by atoms with E-state index in [1.165, 1.54) is 6.07 Å². The zero-order chi connectivity index (χ0) is 14.0. The van der Waals surface area contributed by atoms with Crippen LogP contribution in [0.25, 0.3) is 0 Å². The first-order valence-corrected chi connectivity index (χ1v) is 8.27. The van der Waals surface area contributed by atoms with E-state index in [2.05, 4.69) is 15.9 Å². The van der Waals surface area contributed by atoms with Crippen LogP contribution in [-0.4, -0.2) is 24.6 Å². The Morgan fingerprint density at radius 3 is 2.68 bits per heavy atom. The SMILES string of the molecule is CN(c1ccc(CBr)cc1C(F)(F)F)C1CCSC1. The molecule has 0 aliphatic carbocycles. The van der Waals surface area contributed by atoms with Crippen LogP contribution in [0.4, 0.5) is 18.9 Å². The minimum absolute atomic E-state index is 0.195. The van der Waals surface area contributed by atoms with Gasteiger partial charge in [-0.1, -0.05) is 22.0 Å². The van der Waals surface area contributed by atoms with E-state index in [0.717, 1.165) is 17.9 Å². The molecule has 0 saturated carbocycles. The van der Waals surface area contributed by atoms with Crippen molar-refractivity contribution < 1.29 is 13.2 Å². The predicted molar refractivity (Wildman–Crippen MR) is 78.2 cm³/mol. The number of halogens is 4. The average molecular weight is 354 g/mol. The van der Waals surface area contributed by atoms with E-state index < -0.39 is 11.7 Å². The molecule has 1 saturated heterocycles. The van der Waals surface area contributed by atoms with Gasteiger partial charge in [0.15, 0.2) is 0 Å². The van der Waals surface area contributed by atoms with E-state index in [-0.39, 0.29) is 11.7 Å². The molecule has 1 unspecified atom stereocenters. The molecule has 1 heterocycles. The molecule has 1 nitrogen and oxygen atoms in total. The van der Waals surface area contributed by atoms with Crippen LogP contribution >= 0.6 is 27.7 Å². The number of hydrogen-bond acceptors (Lipinski definition) is 2. The van der Waals surface area contributed by atoms with Gasteiger partial charge < -0.3 is 4.90 Å². The van der Waals surface area contributed by atoms with Crippen molar-refractivity contribution >= 4 is 33.4 Å². The summed E-state index contributed by atoms with van der Waals surface area (Å²) in [5, 5.41) is 0.430. The normalized spacial score (nSPS) is 19.7. The summed E-state index contributed by atoms with van der Waals surface area (Å²) in [6.45, 7) is 0. The van der Waals surface area contributed by atoms with E-state index in [1.807, 2.05) is 0 Å². The summed E-state index contributed by atoms with van der Waals surface area (Å²) in [4.78, 5) is 1.78. The van der Waals surface area contributed by atoms with Gasteiger partial charge in [0, 0.05) is 29.9 Å². The molecule has 0 radical (unpaired) electrons. The highest BCUT2D eigenvalue weighted by Crippen LogP contribution is 2.39. The van der Waals surface area contributed by atoms with Crippen LogP contribution in [0.2, 0.25) is 0 Å². The average Bonchev–Trinajstić information content (AvgIpc) is 2.90. The minimum Gasteiger partial charge on any atom is -0.370 e. The summed E-state index contributed by atoms with van der Waals surface area (Å²) in [5.74, 6) is 1.92.